The monoisotopic (exact) mass is 361 g/mol. The molecule has 2 unspecified atom stereocenters. The lowest BCUT2D eigenvalue weighted by Gasteiger charge is -2.38. The van der Waals surface area contributed by atoms with Crippen molar-refractivity contribution in [1.29, 1.82) is 0 Å². The third kappa shape index (κ3) is 2.58. The Bertz CT molecular complexity index is 816. The van der Waals surface area contributed by atoms with E-state index in [1.165, 1.54) is 11.3 Å². The van der Waals surface area contributed by atoms with E-state index in [0.29, 0.717) is 17.7 Å². The maximum absolute atomic E-state index is 12.9. The third-order valence-electron chi connectivity index (χ3n) is 5.20. The van der Waals surface area contributed by atoms with E-state index in [1.807, 2.05) is 27.8 Å². The third-order valence-corrected chi connectivity index (χ3v) is 8.08. The maximum atomic E-state index is 12.9. The second kappa shape index (κ2) is 6.01. The maximum Gasteiger partial charge on any atom is 0.255 e. The minimum Gasteiger partial charge on any atom is -0.333 e. The van der Waals surface area contributed by atoms with Crippen LogP contribution < -0.4 is 0 Å². The van der Waals surface area contributed by atoms with Gasteiger partial charge >= 0.3 is 0 Å². The summed E-state index contributed by atoms with van der Waals surface area (Å²) in [7, 11) is -3.33. The average molecular weight is 361 g/mol. The zero-order chi connectivity index (χ0) is 16.7. The Labute approximate surface area is 146 Å². The molecular weight excluding hydrogens is 342 g/mol. The molecule has 2 atom stereocenters. The van der Waals surface area contributed by atoms with Gasteiger partial charge in [-0.15, -0.1) is 0 Å². The molecule has 1 amide bonds. The number of nitrogens with zero attached hydrogens (tertiary/aromatic N) is 1. The van der Waals surface area contributed by atoms with E-state index in [4.69, 9.17) is 0 Å². The average Bonchev–Trinajstić information content (AvgIpc) is 3.21. The predicted molar refractivity (Wildman–Crippen MR) is 93.9 cm³/mol. The van der Waals surface area contributed by atoms with Crippen molar-refractivity contribution in [2.75, 3.05) is 0 Å². The summed E-state index contributed by atoms with van der Waals surface area (Å²) in [6.07, 6.45) is 2.90. The highest BCUT2D eigenvalue weighted by molar-refractivity contribution is 7.92. The molecule has 24 heavy (non-hydrogen) atoms. The summed E-state index contributed by atoms with van der Waals surface area (Å²) >= 11 is 1.51. The van der Waals surface area contributed by atoms with Gasteiger partial charge in [0, 0.05) is 17.5 Å². The molecule has 4 rings (SSSR count). The molecule has 0 N–H and O–H groups in total. The molecule has 2 fully saturated rings. The quantitative estimate of drug-likeness (QED) is 0.842. The molecule has 0 aliphatic carbocycles. The number of hydrogen-bond acceptors (Lipinski definition) is 4. The molecule has 2 aromatic rings. The van der Waals surface area contributed by atoms with Gasteiger partial charge in [-0.05, 0) is 49.3 Å². The van der Waals surface area contributed by atoms with Crippen molar-refractivity contribution in [1.82, 2.24) is 4.90 Å². The first-order valence-electron chi connectivity index (χ1n) is 8.21. The van der Waals surface area contributed by atoms with Crippen molar-refractivity contribution in [3.63, 3.8) is 0 Å². The summed E-state index contributed by atoms with van der Waals surface area (Å²) in [5.74, 6) is 0.0549. The number of rotatable bonds is 3. The molecule has 1 aromatic heterocycles. The first kappa shape index (κ1) is 15.8. The Morgan fingerprint density at radius 3 is 2.29 bits per heavy atom. The minimum absolute atomic E-state index is 0.0413. The van der Waals surface area contributed by atoms with Crippen LogP contribution in [0.2, 0.25) is 0 Å². The second-order valence-electron chi connectivity index (χ2n) is 6.56. The highest BCUT2D eigenvalue weighted by atomic mass is 32.2. The van der Waals surface area contributed by atoms with Gasteiger partial charge in [0.1, 0.15) is 0 Å². The topological polar surface area (TPSA) is 54.5 Å². The SMILES string of the molecule is O=C(c1ccsc1)N1C2CCC1CC(S(=O)(=O)c1ccccc1)C2. The molecule has 1 aromatic carbocycles. The number of sulfone groups is 1. The molecule has 2 aliphatic heterocycles. The summed E-state index contributed by atoms with van der Waals surface area (Å²) < 4.78 is 25.8. The van der Waals surface area contributed by atoms with Gasteiger partial charge in [0.05, 0.1) is 15.7 Å². The normalized spacial score (nSPS) is 26.5. The number of hydrogen-bond donors (Lipinski definition) is 0. The lowest BCUT2D eigenvalue weighted by molar-refractivity contribution is 0.0599. The predicted octanol–water partition coefficient (Wildman–Crippen LogP) is 3.36. The van der Waals surface area contributed by atoms with Gasteiger partial charge in [-0.2, -0.15) is 11.3 Å². The minimum atomic E-state index is -3.33. The van der Waals surface area contributed by atoms with Crippen molar-refractivity contribution in [2.24, 2.45) is 0 Å². The molecular formula is C18H19NO3S2. The number of carbonyl (C=O) groups excluding carboxylic acids is 1. The Morgan fingerprint density at radius 2 is 1.71 bits per heavy atom. The summed E-state index contributed by atoms with van der Waals surface area (Å²) in [5, 5.41) is 3.39. The van der Waals surface area contributed by atoms with Crippen molar-refractivity contribution in [3.8, 4) is 0 Å². The van der Waals surface area contributed by atoms with Gasteiger partial charge < -0.3 is 4.90 Å². The van der Waals surface area contributed by atoms with Gasteiger partial charge in [0.15, 0.2) is 9.84 Å². The van der Waals surface area contributed by atoms with Crippen LogP contribution in [0, 0.1) is 0 Å². The fraction of sp³-hybridized carbons (Fsp3) is 0.389. The first-order valence-corrected chi connectivity index (χ1v) is 10.7. The highest BCUT2D eigenvalue weighted by Crippen LogP contribution is 2.40. The van der Waals surface area contributed by atoms with Crippen LogP contribution in [-0.4, -0.2) is 36.6 Å². The molecule has 0 radical (unpaired) electrons. The number of amides is 1. The van der Waals surface area contributed by atoms with Crippen LogP contribution >= 0.6 is 11.3 Å². The summed E-state index contributed by atoms with van der Waals surface area (Å²) in [5.41, 5.74) is 0.723. The molecule has 0 saturated carbocycles. The van der Waals surface area contributed by atoms with Crippen LogP contribution in [0.25, 0.3) is 0 Å². The second-order valence-corrected chi connectivity index (χ2v) is 9.57. The van der Waals surface area contributed by atoms with Crippen molar-refractivity contribution in [3.05, 3.63) is 52.7 Å². The molecule has 3 heterocycles. The van der Waals surface area contributed by atoms with Crippen LogP contribution in [0.1, 0.15) is 36.0 Å². The smallest absolute Gasteiger partial charge is 0.255 e. The van der Waals surface area contributed by atoms with Gasteiger partial charge in [0.2, 0.25) is 0 Å². The summed E-state index contributed by atoms with van der Waals surface area (Å²) in [6.45, 7) is 0. The van der Waals surface area contributed by atoms with Gasteiger partial charge in [-0.25, -0.2) is 8.42 Å². The number of carbonyl (C=O) groups is 1. The van der Waals surface area contributed by atoms with Gasteiger partial charge in [0.25, 0.3) is 5.91 Å². The Morgan fingerprint density at radius 1 is 1.04 bits per heavy atom. The molecule has 126 valence electrons. The molecule has 2 aliphatic rings. The van der Waals surface area contributed by atoms with E-state index in [1.54, 1.807) is 24.3 Å². The number of thiophene rings is 1. The van der Waals surface area contributed by atoms with Crippen LogP contribution in [0.15, 0.2) is 52.1 Å². The molecule has 2 bridgehead atoms. The Balaban J connectivity index is 1.58. The lowest BCUT2D eigenvalue weighted by Crippen LogP contribution is -2.49. The first-order chi connectivity index (χ1) is 11.6. The van der Waals surface area contributed by atoms with Crippen LogP contribution in [0.4, 0.5) is 0 Å². The van der Waals surface area contributed by atoms with Crippen molar-refractivity contribution < 1.29 is 13.2 Å². The highest BCUT2D eigenvalue weighted by Gasteiger charge is 2.47. The van der Waals surface area contributed by atoms with Crippen LogP contribution in [0.3, 0.4) is 0 Å². The van der Waals surface area contributed by atoms with Crippen molar-refractivity contribution >= 4 is 27.1 Å². The van der Waals surface area contributed by atoms with E-state index in [9.17, 15) is 13.2 Å². The van der Waals surface area contributed by atoms with Gasteiger partial charge in [-0.1, -0.05) is 18.2 Å². The summed E-state index contributed by atoms with van der Waals surface area (Å²) in [4.78, 5) is 15.1. The Kier molecular flexibility index (Phi) is 3.96. The zero-order valence-electron chi connectivity index (χ0n) is 13.2. The van der Waals surface area contributed by atoms with E-state index in [0.717, 1.165) is 18.4 Å². The fourth-order valence-corrected chi connectivity index (χ4v) is 6.55. The summed E-state index contributed by atoms with van der Waals surface area (Å²) in [6, 6.07) is 10.6. The fourth-order valence-electron chi connectivity index (χ4n) is 4.05. The van der Waals surface area contributed by atoms with E-state index in [2.05, 4.69) is 0 Å². The van der Waals surface area contributed by atoms with E-state index >= 15 is 0 Å². The number of benzene rings is 1. The standard InChI is InChI=1S/C18H19NO3S2/c20-18(13-8-9-23-12-13)19-14-6-7-15(19)11-17(10-14)24(21,22)16-4-2-1-3-5-16/h1-5,8-9,12,14-15,17H,6-7,10-11H2. The number of piperidine rings is 1. The van der Waals surface area contributed by atoms with Gasteiger partial charge in [-0.3, -0.25) is 4.79 Å². The lowest BCUT2D eigenvalue weighted by atomic mass is 10.0. The Hall–Kier alpha value is -1.66. The largest absolute Gasteiger partial charge is 0.333 e. The number of fused-ring (bicyclic) bond motifs is 2. The van der Waals surface area contributed by atoms with Crippen molar-refractivity contribution in [2.45, 2.75) is 47.9 Å². The molecule has 0 spiro atoms. The zero-order valence-corrected chi connectivity index (χ0v) is 14.8. The van der Waals surface area contributed by atoms with E-state index < -0.39 is 9.84 Å². The molecule has 6 heteroatoms. The van der Waals surface area contributed by atoms with E-state index in [-0.39, 0.29) is 23.2 Å². The van der Waals surface area contributed by atoms with Crippen LogP contribution in [-0.2, 0) is 9.84 Å². The van der Waals surface area contributed by atoms with Crippen LogP contribution in [0.5, 0.6) is 0 Å². The molecule has 4 nitrogen and oxygen atoms in total. The molecule has 2 saturated heterocycles.